The number of benzene rings is 2. The van der Waals surface area contributed by atoms with Crippen LogP contribution in [0.4, 0.5) is 20.3 Å². The maximum atomic E-state index is 13.2. The number of carbonyl (C=O) groups excluding carboxylic acids is 1. The molecule has 3 rings (SSSR count). The van der Waals surface area contributed by atoms with Crippen LogP contribution in [-0.2, 0) is 6.54 Å². The van der Waals surface area contributed by atoms with E-state index in [1.165, 1.54) is 12.3 Å². The molecule has 2 N–H and O–H groups in total. The van der Waals surface area contributed by atoms with Gasteiger partial charge in [-0.15, -0.1) is 0 Å². The lowest BCUT2D eigenvalue weighted by Gasteiger charge is -2.08. The van der Waals surface area contributed by atoms with E-state index in [-0.39, 0.29) is 5.91 Å². The number of amides is 1. The highest BCUT2D eigenvalue weighted by Gasteiger charge is 2.07. The molecule has 0 radical (unpaired) electrons. The number of carbonyl (C=O) groups is 1. The first-order chi connectivity index (χ1) is 13.0. The van der Waals surface area contributed by atoms with Crippen molar-refractivity contribution >= 4 is 17.4 Å². The van der Waals surface area contributed by atoms with E-state index in [4.69, 9.17) is 4.74 Å². The van der Waals surface area contributed by atoms with Gasteiger partial charge in [0, 0.05) is 24.5 Å². The summed E-state index contributed by atoms with van der Waals surface area (Å²) in [6.07, 6.45) is 1.41. The van der Waals surface area contributed by atoms with E-state index >= 15 is 0 Å². The van der Waals surface area contributed by atoms with Gasteiger partial charge in [0.05, 0.1) is 12.7 Å². The van der Waals surface area contributed by atoms with Crippen LogP contribution in [0.2, 0.25) is 0 Å². The number of nitrogens with one attached hydrogen (secondary N) is 2. The third-order valence-electron chi connectivity index (χ3n) is 3.83. The van der Waals surface area contributed by atoms with E-state index in [1.54, 1.807) is 19.2 Å². The Morgan fingerprint density at radius 2 is 1.81 bits per heavy atom. The Hall–Kier alpha value is -3.48. The average molecular weight is 369 g/mol. The molecule has 0 aliphatic carbocycles. The average Bonchev–Trinajstić information content (AvgIpc) is 2.70. The van der Waals surface area contributed by atoms with E-state index < -0.39 is 11.6 Å². The predicted octanol–water partition coefficient (Wildman–Crippen LogP) is 4.04. The molecule has 0 saturated carbocycles. The summed E-state index contributed by atoms with van der Waals surface area (Å²) < 4.78 is 31.3. The zero-order chi connectivity index (χ0) is 19.2. The van der Waals surface area contributed by atoms with Crippen LogP contribution in [-0.4, -0.2) is 18.0 Å². The van der Waals surface area contributed by atoms with Crippen LogP contribution in [0.1, 0.15) is 15.9 Å². The van der Waals surface area contributed by atoms with E-state index in [1.807, 2.05) is 24.3 Å². The Kier molecular flexibility index (Phi) is 5.61. The van der Waals surface area contributed by atoms with Crippen LogP contribution in [0.15, 0.2) is 60.8 Å². The van der Waals surface area contributed by atoms with Crippen LogP contribution in [0.5, 0.6) is 5.75 Å². The number of halogens is 2. The second-order valence-electron chi connectivity index (χ2n) is 5.72. The van der Waals surface area contributed by atoms with Gasteiger partial charge in [-0.1, -0.05) is 12.1 Å². The maximum Gasteiger partial charge on any atom is 0.253 e. The maximum absolute atomic E-state index is 13.2. The van der Waals surface area contributed by atoms with Gasteiger partial charge in [0.25, 0.3) is 5.91 Å². The predicted molar refractivity (Wildman–Crippen MR) is 98.0 cm³/mol. The van der Waals surface area contributed by atoms with Crippen molar-refractivity contribution in [2.24, 2.45) is 0 Å². The van der Waals surface area contributed by atoms with Crippen molar-refractivity contribution in [1.82, 2.24) is 10.3 Å². The third-order valence-corrected chi connectivity index (χ3v) is 3.83. The van der Waals surface area contributed by atoms with Gasteiger partial charge in [-0.3, -0.25) is 4.79 Å². The molecular formula is C20H17F2N3O2. The normalized spacial score (nSPS) is 10.3. The van der Waals surface area contributed by atoms with Crippen molar-refractivity contribution in [3.8, 4) is 5.75 Å². The first-order valence-corrected chi connectivity index (χ1v) is 8.14. The van der Waals surface area contributed by atoms with Crippen molar-refractivity contribution in [2.75, 3.05) is 12.4 Å². The molecule has 0 aliphatic rings. The molecule has 1 aromatic heterocycles. The van der Waals surface area contributed by atoms with Gasteiger partial charge in [-0.2, -0.15) is 0 Å². The van der Waals surface area contributed by atoms with E-state index in [0.717, 1.165) is 23.4 Å². The lowest BCUT2D eigenvalue weighted by molar-refractivity contribution is 0.0950. The SMILES string of the molecule is COc1ccc(CNC(=O)c2ccc(Nc3ccc(F)c(F)c3)nc2)cc1. The summed E-state index contributed by atoms with van der Waals surface area (Å²) in [7, 11) is 1.59. The number of rotatable bonds is 6. The number of hydrogen-bond acceptors (Lipinski definition) is 4. The molecule has 0 aliphatic heterocycles. The third kappa shape index (κ3) is 4.78. The summed E-state index contributed by atoms with van der Waals surface area (Å²) in [4.78, 5) is 16.3. The highest BCUT2D eigenvalue weighted by atomic mass is 19.2. The highest BCUT2D eigenvalue weighted by Crippen LogP contribution is 2.18. The zero-order valence-corrected chi connectivity index (χ0v) is 14.5. The fourth-order valence-electron chi connectivity index (χ4n) is 2.35. The molecule has 1 heterocycles. The van der Waals surface area contributed by atoms with Crippen molar-refractivity contribution in [3.63, 3.8) is 0 Å². The van der Waals surface area contributed by atoms with Gasteiger partial charge in [0.1, 0.15) is 11.6 Å². The van der Waals surface area contributed by atoms with Crippen LogP contribution in [0.25, 0.3) is 0 Å². The molecule has 27 heavy (non-hydrogen) atoms. The van der Waals surface area contributed by atoms with Gasteiger partial charge in [-0.05, 0) is 42.0 Å². The Morgan fingerprint density at radius 1 is 1.04 bits per heavy atom. The summed E-state index contributed by atoms with van der Waals surface area (Å²) in [5, 5.41) is 5.65. The summed E-state index contributed by atoms with van der Waals surface area (Å²) in [5.41, 5.74) is 1.69. The fourth-order valence-corrected chi connectivity index (χ4v) is 2.35. The molecule has 5 nitrogen and oxygen atoms in total. The number of anilines is 2. The van der Waals surface area contributed by atoms with E-state index in [9.17, 15) is 13.6 Å². The molecule has 2 aromatic carbocycles. The number of methoxy groups -OCH3 is 1. The molecule has 0 fully saturated rings. The minimum Gasteiger partial charge on any atom is -0.497 e. The Balaban J connectivity index is 1.58. The first kappa shape index (κ1) is 18.3. The summed E-state index contributed by atoms with van der Waals surface area (Å²) in [6.45, 7) is 0.373. The minimum atomic E-state index is -0.950. The molecular weight excluding hydrogens is 352 g/mol. The molecule has 7 heteroatoms. The molecule has 3 aromatic rings. The Morgan fingerprint density at radius 3 is 2.44 bits per heavy atom. The zero-order valence-electron chi connectivity index (χ0n) is 14.5. The van der Waals surface area contributed by atoms with Gasteiger partial charge in [-0.25, -0.2) is 13.8 Å². The van der Waals surface area contributed by atoms with E-state index in [0.29, 0.717) is 23.6 Å². The molecule has 0 unspecified atom stereocenters. The largest absolute Gasteiger partial charge is 0.497 e. The number of hydrogen-bond donors (Lipinski definition) is 2. The molecule has 0 saturated heterocycles. The number of ether oxygens (including phenoxy) is 1. The van der Waals surface area contributed by atoms with Crippen molar-refractivity contribution in [3.05, 3.63) is 83.6 Å². The lowest BCUT2D eigenvalue weighted by Crippen LogP contribution is -2.22. The monoisotopic (exact) mass is 369 g/mol. The number of pyridine rings is 1. The van der Waals surface area contributed by atoms with Gasteiger partial charge < -0.3 is 15.4 Å². The smallest absolute Gasteiger partial charge is 0.253 e. The van der Waals surface area contributed by atoms with Crippen LogP contribution >= 0.6 is 0 Å². The van der Waals surface area contributed by atoms with Crippen molar-refractivity contribution in [1.29, 1.82) is 0 Å². The van der Waals surface area contributed by atoms with Crippen LogP contribution in [0, 0.1) is 11.6 Å². The lowest BCUT2D eigenvalue weighted by atomic mass is 10.2. The number of aromatic nitrogens is 1. The van der Waals surface area contributed by atoms with Gasteiger partial charge >= 0.3 is 0 Å². The van der Waals surface area contributed by atoms with Gasteiger partial charge in [0.2, 0.25) is 0 Å². The van der Waals surface area contributed by atoms with Crippen molar-refractivity contribution < 1.29 is 18.3 Å². The molecule has 0 bridgehead atoms. The quantitative estimate of drug-likeness (QED) is 0.688. The highest BCUT2D eigenvalue weighted by molar-refractivity contribution is 5.94. The topological polar surface area (TPSA) is 63.2 Å². The van der Waals surface area contributed by atoms with E-state index in [2.05, 4.69) is 15.6 Å². The molecule has 0 atom stereocenters. The van der Waals surface area contributed by atoms with Gasteiger partial charge in [0.15, 0.2) is 11.6 Å². The minimum absolute atomic E-state index is 0.266. The Bertz CT molecular complexity index is 929. The number of nitrogens with zero attached hydrogens (tertiary/aromatic N) is 1. The standard InChI is InChI=1S/C20H17F2N3O2/c1-27-16-6-2-13(3-7-16)11-24-20(26)14-4-9-19(23-12-14)25-15-5-8-17(21)18(22)10-15/h2-10,12H,11H2,1H3,(H,23,25)(H,24,26). The van der Waals surface area contributed by atoms with Crippen molar-refractivity contribution in [2.45, 2.75) is 6.54 Å². The Labute approximate surface area is 155 Å². The van der Waals surface area contributed by atoms with Crippen LogP contribution < -0.4 is 15.4 Å². The first-order valence-electron chi connectivity index (χ1n) is 8.14. The van der Waals surface area contributed by atoms with Crippen LogP contribution in [0.3, 0.4) is 0 Å². The summed E-state index contributed by atoms with van der Waals surface area (Å²) >= 11 is 0. The summed E-state index contributed by atoms with van der Waals surface area (Å²) in [6, 6.07) is 14.0. The fraction of sp³-hybridized carbons (Fsp3) is 0.100. The second kappa shape index (κ2) is 8.27. The molecule has 0 spiro atoms. The summed E-state index contributed by atoms with van der Waals surface area (Å²) in [5.74, 6) is -0.976. The second-order valence-corrected chi connectivity index (χ2v) is 5.72. The molecule has 1 amide bonds. The molecule has 138 valence electrons.